The van der Waals surface area contributed by atoms with Gasteiger partial charge in [0.05, 0.1) is 25.4 Å². The zero-order valence-electron chi connectivity index (χ0n) is 37.1. The third-order valence-electron chi connectivity index (χ3n) is 8.70. The minimum Gasteiger partial charge on any atom is -0.480 e. The van der Waals surface area contributed by atoms with Crippen molar-refractivity contribution in [2.24, 2.45) is 5.73 Å². The minimum atomic E-state index is -4.81. The number of carboxylic acids is 1. The summed E-state index contributed by atoms with van der Waals surface area (Å²) in [7, 11) is -4.81. The van der Waals surface area contributed by atoms with Gasteiger partial charge in [-0.25, -0.2) is 4.57 Å². The van der Waals surface area contributed by atoms with Crippen LogP contribution in [-0.4, -0.2) is 82.3 Å². The van der Waals surface area contributed by atoms with Gasteiger partial charge in [-0.05, 0) is 77.0 Å². The fourth-order valence-corrected chi connectivity index (χ4v) is 5.90. The summed E-state index contributed by atoms with van der Waals surface area (Å²) in [5.74, 6) is -2.77. The van der Waals surface area contributed by atoms with E-state index in [1.165, 1.54) is 32.1 Å². The van der Waals surface area contributed by atoms with E-state index in [1.54, 1.807) is 36.5 Å². The van der Waals surface area contributed by atoms with Gasteiger partial charge >= 0.3 is 25.7 Å². The molecular weight excluding hydrogens is 813 g/mol. The maximum absolute atomic E-state index is 12.6. The fraction of sp³-hybridized carbons (Fsp3) is 0.562. The number of aliphatic hydroxyl groups excluding tert-OH is 2. The number of carbonyl (C=O) groups excluding carboxylic acids is 2. The highest BCUT2D eigenvalue weighted by molar-refractivity contribution is 7.47. The first-order valence-corrected chi connectivity index (χ1v) is 23.6. The summed E-state index contributed by atoms with van der Waals surface area (Å²) >= 11 is 0. The molecule has 0 bridgehead atoms. The van der Waals surface area contributed by atoms with Crippen molar-refractivity contribution in [2.45, 2.75) is 154 Å². The maximum Gasteiger partial charge on any atom is 0.472 e. The number of rotatable bonds is 39. The molecule has 0 aromatic heterocycles. The Morgan fingerprint density at radius 3 is 1.65 bits per heavy atom. The summed E-state index contributed by atoms with van der Waals surface area (Å²) < 4.78 is 32.4. The second-order valence-corrected chi connectivity index (χ2v) is 16.0. The van der Waals surface area contributed by atoms with E-state index in [9.17, 15) is 34.1 Å². The van der Waals surface area contributed by atoms with Gasteiger partial charge in [0.15, 0.2) is 6.10 Å². The van der Waals surface area contributed by atoms with Crippen LogP contribution in [0.4, 0.5) is 0 Å². The Kier molecular flexibility index (Phi) is 38.5. The van der Waals surface area contributed by atoms with E-state index < -0.39 is 69.9 Å². The highest BCUT2D eigenvalue weighted by Gasteiger charge is 2.28. The van der Waals surface area contributed by atoms with E-state index in [2.05, 4.69) is 67.0 Å². The first kappa shape index (κ1) is 58.1. The van der Waals surface area contributed by atoms with Crippen molar-refractivity contribution in [3.05, 3.63) is 109 Å². The molecule has 5 atom stereocenters. The molecule has 0 rings (SSSR count). The van der Waals surface area contributed by atoms with Crippen LogP contribution in [0.5, 0.6) is 0 Å². The second-order valence-electron chi connectivity index (χ2n) is 14.5. The topological polar surface area (TPSA) is 212 Å². The van der Waals surface area contributed by atoms with E-state index in [4.69, 9.17) is 24.8 Å². The molecule has 0 amide bonds. The Bertz CT molecular complexity index is 1500. The number of ether oxygens (including phenoxy) is 2. The minimum absolute atomic E-state index is 0.0387. The van der Waals surface area contributed by atoms with Gasteiger partial charge in [0.25, 0.3) is 0 Å². The monoisotopic (exact) mass is 890 g/mol. The fourth-order valence-electron chi connectivity index (χ4n) is 5.12. The quantitative estimate of drug-likeness (QED) is 0.0128. The van der Waals surface area contributed by atoms with Gasteiger partial charge in [-0.1, -0.05) is 149 Å². The summed E-state index contributed by atoms with van der Waals surface area (Å²) in [5, 5.41) is 29.2. The number of carboxylic acid groups (broad SMARTS) is 1. The Morgan fingerprint density at radius 2 is 1.10 bits per heavy atom. The highest BCUT2D eigenvalue weighted by atomic mass is 31.2. The smallest absolute Gasteiger partial charge is 0.472 e. The lowest BCUT2D eigenvalue weighted by atomic mass is 10.1. The predicted molar refractivity (Wildman–Crippen MR) is 247 cm³/mol. The first-order valence-electron chi connectivity index (χ1n) is 22.1. The Hall–Kier alpha value is -3.94. The molecule has 0 saturated carbocycles. The summed E-state index contributed by atoms with van der Waals surface area (Å²) in [6.07, 6.45) is 46.5. The average molecular weight is 890 g/mol. The molecule has 0 spiro atoms. The van der Waals surface area contributed by atoms with Crippen LogP contribution in [0.3, 0.4) is 0 Å². The lowest BCUT2D eigenvalue weighted by Crippen LogP contribution is -2.34. The third-order valence-corrected chi connectivity index (χ3v) is 9.65. The molecule has 6 N–H and O–H groups in total. The van der Waals surface area contributed by atoms with Crippen LogP contribution in [0.25, 0.3) is 0 Å². The maximum atomic E-state index is 12.6. The Balaban J connectivity index is 4.75. The van der Waals surface area contributed by atoms with Crippen LogP contribution in [-0.2, 0) is 37.5 Å². The molecule has 0 aliphatic heterocycles. The number of allylic oxidation sites excluding steroid dienone is 15. The number of phosphoric ester groups is 1. The number of carbonyl (C=O) groups is 3. The van der Waals surface area contributed by atoms with Crippen molar-refractivity contribution < 1.29 is 57.7 Å². The van der Waals surface area contributed by atoms with Crippen LogP contribution in [0.1, 0.15) is 129 Å². The van der Waals surface area contributed by atoms with Gasteiger partial charge in [-0.15, -0.1) is 0 Å². The standard InChI is InChI=1S/C48H76NO12P/c1-3-5-7-9-11-12-13-14-15-16-17-18-19-20-21-22-23-25-31-37-46(52)58-39-44(40-59-62(56,57)60-41-45(49)48(54)55)61-47(53)38-32-36-43(51)35-30-27-26-29-34-42(50)33-28-24-10-8-6-4-2/h11-12,14-15,17-18,20-21,23-30,34-35,42-45,50-51H,3-10,13,16,19,22,31-33,36-41,49H2,1-2H3,(H,54,55)(H,56,57)/b12-11-,15-14-,18-17-,21-20-,25-23-,27-26+,28-24-,34-29+,35-30-/t42-,43-,44+,45-/m0/s1. The molecule has 14 heteroatoms. The largest absolute Gasteiger partial charge is 0.480 e. The zero-order chi connectivity index (χ0) is 45.9. The van der Waals surface area contributed by atoms with Gasteiger partial charge in [-0.2, -0.15) is 0 Å². The Morgan fingerprint density at radius 1 is 0.597 bits per heavy atom. The number of unbranched alkanes of at least 4 members (excludes halogenated alkanes) is 6. The molecule has 0 heterocycles. The number of aliphatic hydroxyl groups is 2. The van der Waals surface area contributed by atoms with Gasteiger partial charge in [0.1, 0.15) is 12.6 Å². The molecule has 0 aliphatic rings. The summed E-state index contributed by atoms with van der Waals surface area (Å²) in [6, 6.07) is -1.58. The number of esters is 2. The lowest BCUT2D eigenvalue weighted by Gasteiger charge is -2.20. The molecule has 0 aromatic rings. The number of hydrogen-bond acceptors (Lipinski definition) is 11. The number of phosphoric acid groups is 1. The third kappa shape index (κ3) is 40.2. The van der Waals surface area contributed by atoms with Crippen LogP contribution < -0.4 is 5.73 Å². The van der Waals surface area contributed by atoms with Crippen molar-refractivity contribution in [3.8, 4) is 0 Å². The summed E-state index contributed by atoms with van der Waals surface area (Å²) in [4.78, 5) is 46.0. The van der Waals surface area contributed by atoms with E-state index >= 15 is 0 Å². The van der Waals surface area contributed by atoms with Crippen molar-refractivity contribution in [2.75, 3.05) is 19.8 Å². The van der Waals surface area contributed by atoms with Gasteiger partial charge in [0, 0.05) is 12.8 Å². The van der Waals surface area contributed by atoms with Crippen molar-refractivity contribution >= 4 is 25.7 Å². The SMILES string of the molecule is CCCCC/C=C\C/C=C\C/C=C\C/C=C\C/C=C\CCC(=O)OC[C@H](COP(=O)(O)OC[C@H](N)C(=O)O)OC(=O)CCC[C@@H](O)\C=C/C=C/C=C/[C@@H](O)C/C=C\CCCCC. The Labute approximate surface area is 371 Å². The van der Waals surface area contributed by atoms with E-state index in [1.807, 2.05) is 24.3 Å². The molecule has 13 nitrogen and oxygen atoms in total. The first-order chi connectivity index (χ1) is 29.9. The molecule has 0 fully saturated rings. The normalized spacial score (nSPS) is 15.7. The van der Waals surface area contributed by atoms with Crippen molar-refractivity contribution in [3.63, 3.8) is 0 Å². The molecule has 62 heavy (non-hydrogen) atoms. The van der Waals surface area contributed by atoms with Crippen molar-refractivity contribution in [1.82, 2.24) is 0 Å². The van der Waals surface area contributed by atoms with Crippen LogP contribution in [0.2, 0.25) is 0 Å². The van der Waals surface area contributed by atoms with E-state index in [0.29, 0.717) is 19.3 Å². The molecule has 0 aliphatic carbocycles. The van der Waals surface area contributed by atoms with Crippen LogP contribution >= 0.6 is 7.82 Å². The van der Waals surface area contributed by atoms with Gasteiger partial charge in [0.2, 0.25) is 0 Å². The average Bonchev–Trinajstić information content (AvgIpc) is 3.24. The summed E-state index contributed by atoms with van der Waals surface area (Å²) in [5.41, 5.74) is 5.31. The number of hydrogen-bond donors (Lipinski definition) is 5. The molecular formula is C48H76NO12P. The summed E-state index contributed by atoms with van der Waals surface area (Å²) in [6.45, 7) is 2.36. The van der Waals surface area contributed by atoms with Crippen LogP contribution in [0, 0.1) is 0 Å². The zero-order valence-corrected chi connectivity index (χ0v) is 38.0. The molecule has 0 aromatic carbocycles. The molecule has 0 radical (unpaired) electrons. The second kappa shape index (κ2) is 41.1. The number of nitrogens with two attached hydrogens (primary N) is 1. The van der Waals surface area contributed by atoms with Gasteiger partial charge < -0.3 is 35.4 Å². The lowest BCUT2D eigenvalue weighted by molar-refractivity contribution is -0.161. The highest BCUT2D eigenvalue weighted by Crippen LogP contribution is 2.43. The molecule has 0 saturated heterocycles. The predicted octanol–water partition coefficient (Wildman–Crippen LogP) is 9.78. The van der Waals surface area contributed by atoms with Crippen molar-refractivity contribution in [1.29, 1.82) is 0 Å². The number of aliphatic carboxylic acids is 1. The van der Waals surface area contributed by atoms with E-state index in [-0.39, 0.29) is 25.7 Å². The van der Waals surface area contributed by atoms with Gasteiger partial charge in [-0.3, -0.25) is 23.4 Å². The van der Waals surface area contributed by atoms with E-state index in [0.717, 1.165) is 38.5 Å². The molecule has 1 unspecified atom stereocenters. The molecule has 350 valence electrons. The van der Waals surface area contributed by atoms with Crippen LogP contribution in [0.15, 0.2) is 109 Å².